The van der Waals surface area contributed by atoms with E-state index in [-0.39, 0.29) is 5.91 Å². The van der Waals surface area contributed by atoms with Gasteiger partial charge in [0.25, 0.3) is 5.91 Å². The molecule has 6 nitrogen and oxygen atoms in total. The molecule has 0 aromatic heterocycles. The fourth-order valence-corrected chi connectivity index (χ4v) is 2.53. The van der Waals surface area contributed by atoms with Gasteiger partial charge in [0.2, 0.25) is 0 Å². The van der Waals surface area contributed by atoms with E-state index in [4.69, 9.17) is 5.73 Å². The SMILES string of the molecule is CN[C@@H]1CCCN(C(=O)c2ccc(CNC(N)=O)cc2)C1. The maximum Gasteiger partial charge on any atom is 0.312 e. The zero-order valence-corrected chi connectivity index (χ0v) is 12.3. The first-order valence-electron chi connectivity index (χ1n) is 7.19. The number of likely N-dealkylation sites (tertiary alicyclic amines) is 1. The van der Waals surface area contributed by atoms with Crippen LogP contribution < -0.4 is 16.4 Å². The summed E-state index contributed by atoms with van der Waals surface area (Å²) in [5, 5.41) is 5.75. The summed E-state index contributed by atoms with van der Waals surface area (Å²) in [6, 6.07) is 7.08. The number of nitrogens with one attached hydrogen (secondary N) is 2. The first-order valence-corrected chi connectivity index (χ1v) is 7.19. The molecular weight excluding hydrogens is 268 g/mol. The van der Waals surface area contributed by atoms with Crippen LogP contribution in [0.5, 0.6) is 0 Å². The van der Waals surface area contributed by atoms with Crippen molar-refractivity contribution in [1.82, 2.24) is 15.5 Å². The normalized spacial score (nSPS) is 18.3. The average molecular weight is 290 g/mol. The number of nitrogens with zero attached hydrogens (tertiary/aromatic N) is 1. The summed E-state index contributed by atoms with van der Waals surface area (Å²) >= 11 is 0. The predicted octanol–water partition coefficient (Wildman–Crippen LogP) is 0.679. The van der Waals surface area contributed by atoms with Crippen molar-refractivity contribution in [3.8, 4) is 0 Å². The first-order chi connectivity index (χ1) is 10.1. The van der Waals surface area contributed by atoms with Gasteiger partial charge in [-0.25, -0.2) is 4.79 Å². The van der Waals surface area contributed by atoms with Crippen LogP contribution in [0.2, 0.25) is 0 Å². The molecule has 1 aliphatic rings. The van der Waals surface area contributed by atoms with Crippen LogP contribution in [0, 0.1) is 0 Å². The van der Waals surface area contributed by atoms with Crippen molar-refractivity contribution in [3.05, 3.63) is 35.4 Å². The number of hydrogen-bond acceptors (Lipinski definition) is 3. The predicted molar refractivity (Wildman–Crippen MR) is 80.9 cm³/mol. The summed E-state index contributed by atoms with van der Waals surface area (Å²) in [4.78, 5) is 25.0. The van der Waals surface area contributed by atoms with Crippen LogP contribution in [0.25, 0.3) is 0 Å². The lowest BCUT2D eigenvalue weighted by atomic mass is 10.0. The molecule has 1 aromatic carbocycles. The number of nitrogens with two attached hydrogens (primary N) is 1. The number of piperidine rings is 1. The molecule has 0 spiro atoms. The number of primary amides is 1. The maximum absolute atomic E-state index is 12.4. The minimum atomic E-state index is -0.554. The number of carbonyl (C=O) groups is 2. The molecule has 0 unspecified atom stereocenters. The summed E-state index contributed by atoms with van der Waals surface area (Å²) in [5.41, 5.74) is 6.61. The molecule has 1 aromatic rings. The Morgan fingerprint density at radius 2 is 2.05 bits per heavy atom. The monoisotopic (exact) mass is 290 g/mol. The van der Waals surface area contributed by atoms with E-state index in [0.29, 0.717) is 18.2 Å². The molecule has 1 fully saturated rings. The van der Waals surface area contributed by atoms with Gasteiger partial charge in [0.1, 0.15) is 0 Å². The smallest absolute Gasteiger partial charge is 0.312 e. The van der Waals surface area contributed by atoms with E-state index in [0.717, 1.165) is 31.5 Å². The Kier molecular flexibility index (Phi) is 5.16. The fourth-order valence-electron chi connectivity index (χ4n) is 2.53. The van der Waals surface area contributed by atoms with Crippen molar-refractivity contribution in [2.75, 3.05) is 20.1 Å². The van der Waals surface area contributed by atoms with Gasteiger partial charge in [0.05, 0.1) is 0 Å². The van der Waals surface area contributed by atoms with E-state index in [1.54, 1.807) is 12.1 Å². The van der Waals surface area contributed by atoms with Gasteiger partial charge >= 0.3 is 6.03 Å². The Labute approximate surface area is 124 Å². The number of hydrogen-bond donors (Lipinski definition) is 3. The molecule has 0 saturated carbocycles. The molecule has 1 saturated heterocycles. The third-order valence-corrected chi connectivity index (χ3v) is 3.78. The third kappa shape index (κ3) is 4.19. The lowest BCUT2D eigenvalue weighted by molar-refractivity contribution is 0.0698. The van der Waals surface area contributed by atoms with Gasteiger partial charge in [-0.1, -0.05) is 12.1 Å². The van der Waals surface area contributed by atoms with Crippen LogP contribution in [0.15, 0.2) is 24.3 Å². The van der Waals surface area contributed by atoms with Crippen molar-refractivity contribution in [2.24, 2.45) is 5.73 Å². The lowest BCUT2D eigenvalue weighted by Crippen LogP contribution is -2.46. The number of rotatable bonds is 4. The van der Waals surface area contributed by atoms with E-state index >= 15 is 0 Å². The van der Waals surface area contributed by atoms with Crippen LogP contribution in [0.3, 0.4) is 0 Å². The average Bonchev–Trinajstić information content (AvgIpc) is 2.52. The summed E-state index contributed by atoms with van der Waals surface area (Å²) in [7, 11) is 1.93. The highest BCUT2D eigenvalue weighted by atomic mass is 16.2. The van der Waals surface area contributed by atoms with Crippen molar-refractivity contribution in [1.29, 1.82) is 0 Å². The summed E-state index contributed by atoms with van der Waals surface area (Å²) in [5.74, 6) is 0.0596. The van der Waals surface area contributed by atoms with Crippen LogP contribution in [0.1, 0.15) is 28.8 Å². The highest BCUT2D eigenvalue weighted by Crippen LogP contribution is 2.14. The Bertz CT molecular complexity index is 501. The van der Waals surface area contributed by atoms with Gasteiger partial charge in [0.15, 0.2) is 0 Å². The Morgan fingerprint density at radius 3 is 2.67 bits per heavy atom. The molecule has 1 aliphatic heterocycles. The van der Waals surface area contributed by atoms with E-state index in [1.165, 1.54) is 0 Å². The maximum atomic E-state index is 12.4. The molecular formula is C15H22N4O2. The van der Waals surface area contributed by atoms with Crippen molar-refractivity contribution < 1.29 is 9.59 Å². The van der Waals surface area contributed by atoms with Gasteiger partial charge < -0.3 is 21.3 Å². The van der Waals surface area contributed by atoms with Gasteiger partial charge in [-0.3, -0.25) is 4.79 Å². The van der Waals surface area contributed by atoms with E-state index in [9.17, 15) is 9.59 Å². The molecule has 6 heteroatoms. The molecule has 114 valence electrons. The van der Waals surface area contributed by atoms with Gasteiger partial charge in [-0.2, -0.15) is 0 Å². The largest absolute Gasteiger partial charge is 0.352 e. The third-order valence-electron chi connectivity index (χ3n) is 3.78. The first kappa shape index (κ1) is 15.3. The second-order valence-corrected chi connectivity index (χ2v) is 5.29. The molecule has 4 N–H and O–H groups in total. The molecule has 21 heavy (non-hydrogen) atoms. The lowest BCUT2D eigenvalue weighted by Gasteiger charge is -2.32. The quantitative estimate of drug-likeness (QED) is 0.762. The standard InChI is InChI=1S/C15H22N4O2/c1-17-13-3-2-8-19(10-13)14(20)12-6-4-11(5-7-12)9-18-15(16)21/h4-7,13,17H,2-3,8-10H2,1H3,(H3,16,18,21)/t13-/m1/s1. The summed E-state index contributed by atoms with van der Waals surface area (Å²) in [6.45, 7) is 1.93. The number of amides is 3. The molecule has 0 radical (unpaired) electrons. The summed E-state index contributed by atoms with van der Waals surface area (Å²) in [6.07, 6.45) is 2.13. The van der Waals surface area contributed by atoms with Gasteiger partial charge in [-0.05, 0) is 37.6 Å². The highest BCUT2D eigenvalue weighted by molar-refractivity contribution is 5.94. The van der Waals surface area contributed by atoms with Crippen LogP contribution in [-0.4, -0.2) is 43.0 Å². The van der Waals surface area contributed by atoms with Crippen LogP contribution >= 0.6 is 0 Å². The van der Waals surface area contributed by atoms with E-state index in [1.807, 2.05) is 24.1 Å². The fraction of sp³-hybridized carbons (Fsp3) is 0.467. The summed E-state index contributed by atoms with van der Waals surface area (Å²) < 4.78 is 0. The Hall–Kier alpha value is -2.08. The van der Waals surface area contributed by atoms with E-state index in [2.05, 4.69) is 10.6 Å². The van der Waals surface area contributed by atoms with Crippen molar-refractivity contribution in [3.63, 3.8) is 0 Å². The zero-order valence-electron chi connectivity index (χ0n) is 12.3. The number of carbonyl (C=O) groups excluding carboxylic acids is 2. The second kappa shape index (κ2) is 7.08. The van der Waals surface area contributed by atoms with Crippen molar-refractivity contribution >= 4 is 11.9 Å². The number of urea groups is 1. The zero-order chi connectivity index (χ0) is 15.2. The molecule has 2 rings (SSSR count). The Balaban J connectivity index is 1.97. The topological polar surface area (TPSA) is 87.5 Å². The molecule has 0 bridgehead atoms. The number of likely N-dealkylation sites (N-methyl/N-ethyl adjacent to an activating group) is 1. The van der Waals surface area contributed by atoms with E-state index < -0.39 is 6.03 Å². The minimum Gasteiger partial charge on any atom is -0.352 e. The molecule has 1 atom stereocenters. The molecule has 0 aliphatic carbocycles. The minimum absolute atomic E-state index is 0.0596. The highest BCUT2D eigenvalue weighted by Gasteiger charge is 2.23. The van der Waals surface area contributed by atoms with Gasteiger partial charge in [-0.15, -0.1) is 0 Å². The second-order valence-electron chi connectivity index (χ2n) is 5.29. The van der Waals surface area contributed by atoms with Crippen molar-refractivity contribution in [2.45, 2.75) is 25.4 Å². The molecule has 1 heterocycles. The Morgan fingerprint density at radius 1 is 1.33 bits per heavy atom. The molecule has 3 amide bonds. The van der Waals surface area contributed by atoms with Crippen LogP contribution in [-0.2, 0) is 6.54 Å². The number of benzene rings is 1. The van der Waals surface area contributed by atoms with Gasteiger partial charge in [0, 0.05) is 31.2 Å². The van der Waals surface area contributed by atoms with Crippen LogP contribution in [0.4, 0.5) is 4.79 Å².